The molecule has 0 fully saturated rings. The van der Waals surface area contributed by atoms with E-state index in [9.17, 15) is 4.79 Å². The third-order valence-corrected chi connectivity index (χ3v) is 5.18. The van der Waals surface area contributed by atoms with E-state index in [2.05, 4.69) is 52.8 Å². The number of aromatic nitrogens is 2. The molecule has 5 heteroatoms. The van der Waals surface area contributed by atoms with E-state index in [1.807, 2.05) is 22.8 Å². The molecule has 3 aromatic carbocycles. The molecule has 0 saturated heterocycles. The number of imidazole rings is 1. The highest BCUT2D eigenvalue weighted by atomic mass is 16.5. The van der Waals surface area contributed by atoms with Crippen molar-refractivity contribution in [3.63, 3.8) is 0 Å². The number of amides is 1. The Labute approximate surface area is 162 Å². The van der Waals surface area contributed by atoms with Gasteiger partial charge in [0.25, 0.3) is 5.91 Å². The fourth-order valence-electron chi connectivity index (χ4n) is 3.71. The van der Waals surface area contributed by atoms with Gasteiger partial charge in [-0.2, -0.15) is 0 Å². The maximum absolute atomic E-state index is 11.9. The van der Waals surface area contributed by atoms with Gasteiger partial charge in [0.15, 0.2) is 0 Å². The summed E-state index contributed by atoms with van der Waals surface area (Å²) < 4.78 is 7.66. The van der Waals surface area contributed by atoms with E-state index in [0.717, 1.165) is 41.1 Å². The standard InChI is InChI=1S/C23H19N3O2/c1-24-23(27)18-5-7-21-20(13-18)25-14-26(21)19-4-2-3-15(12-19)16-6-8-22-17(11-16)9-10-28-22/h2-8,11-14H,9-10H2,1H3,(H,24,27). The van der Waals surface area contributed by atoms with Gasteiger partial charge in [0, 0.05) is 24.7 Å². The number of carbonyl (C=O) groups excluding carboxylic acids is 1. The summed E-state index contributed by atoms with van der Waals surface area (Å²) in [6.45, 7) is 0.762. The highest BCUT2D eigenvalue weighted by Gasteiger charge is 2.13. The molecule has 5 rings (SSSR count). The molecular weight excluding hydrogens is 350 g/mol. The van der Waals surface area contributed by atoms with Crippen molar-refractivity contribution >= 4 is 16.9 Å². The van der Waals surface area contributed by atoms with Gasteiger partial charge in [0.2, 0.25) is 0 Å². The molecule has 0 bridgehead atoms. The summed E-state index contributed by atoms with van der Waals surface area (Å²) in [4.78, 5) is 16.3. The second kappa shape index (κ2) is 6.53. The average Bonchev–Trinajstić information content (AvgIpc) is 3.39. The molecule has 2 heterocycles. The lowest BCUT2D eigenvalue weighted by Crippen LogP contribution is -2.17. The molecule has 1 aliphatic rings. The number of hydrogen-bond donors (Lipinski definition) is 1. The Kier molecular flexibility index (Phi) is 3.86. The Hall–Kier alpha value is -3.60. The lowest BCUT2D eigenvalue weighted by molar-refractivity contribution is 0.0963. The van der Waals surface area contributed by atoms with Crippen molar-refractivity contribution in [1.29, 1.82) is 0 Å². The number of carbonyl (C=O) groups is 1. The van der Waals surface area contributed by atoms with E-state index in [1.165, 1.54) is 11.1 Å². The normalized spacial score (nSPS) is 12.6. The number of rotatable bonds is 3. The first-order valence-electron chi connectivity index (χ1n) is 9.29. The van der Waals surface area contributed by atoms with E-state index in [0.29, 0.717) is 5.56 Å². The van der Waals surface area contributed by atoms with Gasteiger partial charge in [-0.25, -0.2) is 4.98 Å². The molecule has 5 nitrogen and oxygen atoms in total. The third kappa shape index (κ3) is 2.72. The summed E-state index contributed by atoms with van der Waals surface area (Å²) in [6, 6.07) is 20.3. The first-order chi connectivity index (χ1) is 13.7. The molecule has 1 aliphatic heterocycles. The Bertz CT molecular complexity index is 1210. The van der Waals surface area contributed by atoms with Crippen LogP contribution in [0.1, 0.15) is 15.9 Å². The van der Waals surface area contributed by atoms with Crippen LogP contribution in [0, 0.1) is 0 Å². The number of nitrogens with one attached hydrogen (secondary N) is 1. The van der Waals surface area contributed by atoms with Crippen LogP contribution < -0.4 is 10.1 Å². The summed E-state index contributed by atoms with van der Waals surface area (Å²) in [7, 11) is 1.63. The molecule has 0 saturated carbocycles. The molecule has 0 spiro atoms. The Balaban J connectivity index is 1.55. The van der Waals surface area contributed by atoms with Crippen molar-refractivity contribution in [3.05, 3.63) is 78.1 Å². The van der Waals surface area contributed by atoms with Crippen molar-refractivity contribution in [3.8, 4) is 22.6 Å². The van der Waals surface area contributed by atoms with Gasteiger partial charge in [-0.3, -0.25) is 9.36 Å². The molecule has 0 aliphatic carbocycles. The molecule has 1 amide bonds. The smallest absolute Gasteiger partial charge is 0.251 e. The number of hydrogen-bond acceptors (Lipinski definition) is 3. The van der Waals surface area contributed by atoms with Gasteiger partial charge in [-0.1, -0.05) is 18.2 Å². The van der Waals surface area contributed by atoms with E-state index in [1.54, 1.807) is 13.4 Å². The highest BCUT2D eigenvalue weighted by molar-refractivity contribution is 5.97. The van der Waals surface area contributed by atoms with E-state index >= 15 is 0 Å². The predicted octanol–water partition coefficient (Wildman–Crippen LogP) is 3.99. The van der Waals surface area contributed by atoms with Gasteiger partial charge in [0.1, 0.15) is 12.1 Å². The van der Waals surface area contributed by atoms with Gasteiger partial charge in [-0.05, 0) is 59.2 Å². The van der Waals surface area contributed by atoms with Crippen LogP contribution in [0.3, 0.4) is 0 Å². The molecule has 4 aromatic rings. The molecule has 138 valence electrons. The fourth-order valence-corrected chi connectivity index (χ4v) is 3.71. The van der Waals surface area contributed by atoms with Gasteiger partial charge in [0.05, 0.1) is 17.6 Å². The maximum atomic E-state index is 11.9. The van der Waals surface area contributed by atoms with E-state index in [-0.39, 0.29) is 5.91 Å². The van der Waals surface area contributed by atoms with Crippen LogP contribution >= 0.6 is 0 Å². The second-order valence-corrected chi connectivity index (χ2v) is 6.87. The van der Waals surface area contributed by atoms with Crippen LogP contribution in [-0.2, 0) is 6.42 Å². The van der Waals surface area contributed by atoms with Crippen molar-refractivity contribution < 1.29 is 9.53 Å². The minimum Gasteiger partial charge on any atom is -0.493 e. The number of ether oxygens (including phenoxy) is 1. The average molecular weight is 369 g/mol. The van der Waals surface area contributed by atoms with Crippen molar-refractivity contribution in [2.75, 3.05) is 13.7 Å². The van der Waals surface area contributed by atoms with Crippen molar-refractivity contribution in [1.82, 2.24) is 14.9 Å². The van der Waals surface area contributed by atoms with Crippen LogP contribution in [0.15, 0.2) is 67.0 Å². The second-order valence-electron chi connectivity index (χ2n) is 6.87. The summed E-state index contributed by atoms with van der Waals surface area (Å²) in [5, 5.41) is 2.65. The van der Waals surface area contributed by atoms with E-state index in [4.69, 9.17) is 4.74 Å². The lowest BCUT2D eigenvalue weighted by Gasteiger charge is -2.09. The van der Waals surface area contributed by atoms with Gasteiger partial charge in [-0.15, -0.1) is 0 Å². The monoisotopic (exact) mass is 369 g/mol. The van der Waals surface area contributed by atoms with E-state index < -0.39 is 0 Å². The topological polar surface area (TPSA) is 56.2 Å². The molecule has 0 radical (unpaired) electrons. The predicted molar refractivity (Wildman–Crippen MR) is 109 cm³/mol. The minimum atomic E-state index is -0.112. The van der Waals surface area contributed by atoms with Crippen molar-refractivity contribution in [2.45, 2.75) is 6.42 Å². The lowest BCUT2D eigenvalue weighted by atomic mass is 10.0. The number of nitrogens with zero attached hydrogens (tertiary/aromatic N) is 2. The van der Waals surface area contributed by atoms with Gasteiger partial charge < -0.3 is 10.1 Å². The highest BCUT2D eigenvalue weighted by Crippen LogP contribution is 2.31. The molecule has 1 N–H and O–H groups in total. The molecule has 0 unspecified atom stereocenters. The zero-order chi connectivity index (χ0) is 19.1. The minimum absolute atomic E-state index is 0.112. The molecule has 0 atom stereocenters. The first kappa shape index (κ1) is 16.6. The summed E-state index contributed by atoms with van der Waals surface area (Å²) in [5.41, 5.74) is 6.98. The van der Waals surface area contributed by atoms with Crippen LogP contribution in [0.2, 0.25) is 0 Å². The van der Waals surface area contributed by atoms with Crippen LogP contribution in [0.5, 0.6) is 5.75 Å². The van der Waals surface area contributed by atoms with Gasteiger partial charge >= 0.3 is 0 Å². The Morgan fingerprint density at radius 3 is 2.86 bits per heavy atom. The summed E-state index contributed by atoms with van der Waals surface area (Å²) >= 11 is 0. The zero-order valence-electron chi connectivity index (χ0n) is 15.5. The summed E-state index contributed by atoms with van der Waals surface area (Å²) in [5.74, 6) is 0.881. The van der Waals surface area contributed by atoms with Crippen LogP contribution in [-0.4, -0.2) is 29.1 Å². The van der Waals surface area contributed by atoms with Crippen LogP contribution in [0.4, 0.5) is 0 Å². The Morgan fingerprint density at radius 1 is 1.07 bits per heavy atom. The Morgan fingerprint density at radius 2 is 1.96 bits per heavy atom. The molecular formula is C23H19N3O2. The summed E-state index contributed by atoms with van der Waals surface area (Å²) in [6.07, 6.45) is 2.76. The SMILES string of the molecule is CNC(=O)c1ccc2c(c1)ncn2-c1cccc(-c2ccc3c(c2)CCO3)c1. The third-order valence-electron chi connectivity index (χ3n) is 5.18. The number of fused-ring (bicyclic) bond motifs is 2. The molecule has 1 aromatic heterocycles. The van der Waals surface area contributed by atoms with Crippen LogP contribution in [0.25, 0.3) is 27.8 Å². The first-order valence-corrected chi connectivity index (χ1v) is 9.29. The molecule has 28 heavy (non-hydrogen) atoms. The quantitative estimate of drug-likeness (QED) is 0.594. The zero-order valence-corrected chi connectivity index (χ0v) is 15.5. The van der Waals surface area contributed by atoms with Crippen molar-refractivity contribution in [2.24, 2.45) is 0 Å². The fraction of sp³-hybridized carbons (Fsp3) is 0.130. The maximum Gasteiger partial charge on any atom is 0.251 e. The largest absolute Gasteiger partial charge is 0.493 e. The number of benzene rings is 3.